The molecule has 1 heterocycles. The fraction of sp³-hybridized carbons (Fsp3) is 0.964. The molecule has 0 aromatic rings. The van der Waals surface area contributed by atoms with E-state index in [4.69, 9.17) is 5.32 Å². The predicted molar refractivity (Wildman–Crippen MR) is 252 cm³/mol. The van der Waals surface area contributed by atoms with Gasteiger partial charge in [0, 0.05) is 17.5 Å². The van der Waals surface area contributed by atoms with Gasteiger partial charge in [0.15, 0.2) is 0 Å². The second-order valence-electron chi connectivity index (χ2n) is 24.7. The van der Waals surface area contributed by atoms with Crippen molar-refractivity contribution in [1.29, 1.82) is 0 Å². The Kier molecular flexibility index (Phi) is 18.1. The Morgan fingerprint density at radius 2 is 0.817 bits per heavy atom. The van der Waals surface area contributed by atoms with Gasteiger partial charge in [0.2, 0.25) is 0 Å². The fourth-order valence-corrected chi connectivity index (χ4v) is 16.2. The van der Waals surface area contributed by atoms with Crippen LogP contribution in [0.2, 0.25) is 0 Å². The summed E-state index contributed by atoms with van der Waals surface area (Å²) in [4.78, 5) is 25.4. The molecule has 13 atom stereocenters. The fourth-order valence-electron chi connectivity index (χ4n) is 16.2. The molecule has 0 aromatic carbocycles. The van der Waals surface area contributed by atoms with Crippen LogP contribution in [-0.2, 0) is 9.59 Å². The molecule has 5 aliphatic rings. The highest BCUT2D eigenvalue weighted by molar-refractivity contribution is 5.70. The first-order chi connectivity index (χ1) is 28.3. The molecule has 0 spiro atoms. The van der Waals surface area contributed by atoms with Crippen LogP contribution >= 0.6 is 0 Å². The second-order valence-corrected chi connectivity index (χ2v) is 24.7. The second kappa shape index (κ2) is 21.7. The number of hydrogen-bond donors (Lipinski definition) is 3. The van der Waals surface area contributed by atoms with Gasteiger partial charge >= 0.3 is 11.9 Å². The van der Waals surface area contributed by atoms with Gasteiger partial charge in [-0.3, -0.25) is 9.59 Å². The molecule has 1 saturated heterocycles. The van der Waals surface area contributed by atoms with Crippen molar-refractivity contribution in [3.05, 3.63) is 0 Å². The molecule has 4 saturated carbocycles. The number of carboxylic acids is 2. The van der Waals surface area contributed by atoms with E-state index in [1.807, 2.05) is 0 Å². The summed E-state index contributed by atoms with van der Waals surface area (Å²) < 4.78 is 0. The van der Waals surface area contributed by atoms with Crippen molar-refractivity contribution in [2.75, 3.05) is 0 Å². The molecular weight excluding hydrogens is 739 g/mol. The molecule has 13 unspecified atom stereocenters. The summed E-state index contributed by atoms with van der Waals surface area (Å²) in [5.74, 6) is 8.66. The van der Waals surface area contributed by atoms with Crippen molar-refractivity contribution in [3.63, 3.8) is 0 Å². The average molecular weight is 838 g/mol. The van der Waals surface area contributed by atoms with Crippen molar-refractivity contribution < 1.29 is 19.8 Å². The summed E-state index contributed by atoms with van der Waals surface area (Å²) in [6.07, 6.45) is 23.3. The van der Waals surface area contributed by atoms with Crippen LogP contribution in [0.15, 0.2) is 0 Å². The zero-order valence-electron chi connectivity index (χ0n) is 41.5. The Balaban J connectivity index is 1.79. The minimum Gasteiger partial charge on any atom is -0.481 e. The molecule has 348 valence electrons. The SMILES string of the molecule is CC1CCC(C(C)C)C(C2(C3CC(C)CCC3C(C)C)CC(C(CCCCCCCC(=O)O)C(=O)O)CC(C3CC(C)CCC3C(C)C)(C3CC(C)CCC3C(C)C)N2)C1. The topological polar surface area (TPSA) is 86.6 Å². The van der Waals surface area contributed by atoms with E-state index >= 15 is 0 Å². The lowest BCUT2D eigenvalue weighted by atomic mass is 9.44. The van der Waals surface area contributed by atoms with Crippen molar-refractivity contribution >= 4 is 11.9 Å². The molecule has 3 N–H and O–H groups in total. The van der Waals surface area contributed by atoms with Crippen LogP contribution < -0.4 is 5.32 Å². The van der Waals surface area contributed by atoms with E-state index in [2.05, 4.69) is 83.1 Å². The van der Waals surface area contributed by atoms with E-state index in [0.29, 0.717) is 94.7 Å². The summed E-state index contributed by atoms with van der Waals surface area (Å²) in [6, 6.07) is 0. The summed E-state index contributed by atoms with van der Waals surface area (Å²) in [5, 5.41) is 26.1. The highest BCUT2D eigenvalue weighted by atomic mass is 16.4. The van der Waals surface area contributed by atoms with Crippen molar-refractivity contribution in [2.45, 2.75) is 229 Å². The third-order valence-electron chi connectivity index (χ3n) is 19.2. The smallest absolute Gasteiger partial charge is 0.306 e. The van der Waals surface area contributed by atoms with Gasteiger partial charge in [0.25, 0.3) is 0 Å². The summed E-state index contributed by atoms with van der Waals surface area (Å²) in [6.45, 7) is 30.5. The molecule has 0 amide bonds. The molecule has 5 nitrogen and oxygen atoms in total. The maximum atomic E-state index is 14.2. The number of carboxylic acid groups (broad SMARTS) is 2. The minimum absolute atomic E-state index is 0.0922. The quantitative estimate of drug-likeness (QED) is 0.120. The van der Waals surface area contributed by atoms with E-state index in [1.165, 1.54) is 77.0 Å². The summed E-state index contributed by atoms with van der Waals surface area (Å²) in [7, 11) is 0. The van der Waals surface area contributed by atoms with E-state index in [0.717, 1.165) is 51.4 Å². The normalized spacial score (nSPS) is 41.2. The number of aliphatic carboxylic acids is 2. The minimum atomic E-state index is -0.711. The molecule has 0 aromatic heterocycles. The molecule has 5 rings (SSSR count). The highest BCUT2D eigenvalue weighted by Crippen LogP contribution is 2.63. The van der Waals surface area contributed by atoms with Gasteiger partial charge in [-0.15, -0.1) is 0 Å². The van der Waals surface area contributed by atoms with Crippen LogP contribution in [0.1, 0.15) is 218 Å². The van der Waals surface area contributed by atoms with E-state index < -0.39 is 11.9 Å². The van der Waals surface area contributed by atoms with Crippen molar-refractivity contribution in [2.24, 2.45) is 107 Å². The number of unbranched alkanes of at least 4 members (excludes halogenated alkanes) is 4. The van der Waals surface area contributed by atoms with Crippen LogP contribution in [0.3, 0.4) is 0 Å². The first kappa shape index (κ1) is 49.9. The molecule has 1 aliphatic heterocycles. The Labute approximate surface area is 371 Å². The lowest BCUT2D eigenvalue weighted by molar-refractivity contribution is -0.162. The van der Waals surface area contributed by atoms with Crippen molar-refractivity contribution in [3.8, 4) is 0 Å². The Hall–Kier alpha value is -1.10. The van der Waals surface area contributed by atoms with Crippen LogP contribution in [0.25, 0.3) is 0 Å². The van der Waals surface area contributed by atoms with Crippen molar-refractivity contribution in [1.82, 2.24) is 5.32 Å². The maximum Gasteiger partial charge on any atom is 0.306 e. The molecule has 4 aliphatic carbocycles. The van der Waals surface area contributed by atoms with Crippen LogP contribution in [0.5, 0.6) is 0 Å². The summed E-state index contributed by atoms with van der Waals surface area (Å²) >= 11 is 0. The van der Waals surface area contributed by atoms with Gasteiger partial charge in [-0.1, -0.05) is 134 Å². The Morgan fingerprint density at radius 1 is 0.500 bits per heavy atom. The van der Waals surface area contributed by atoms with Gasteiger partial charge in [-0.25, -0.2) is 0 Å². The van der Waals surface area contributed by atoms with Crippen LogP contribution in [0, 0.1) is 107 Å². The Bertz CT molecular complexity index is 1200. The highest BCUT2D eigenvalue weighted by Gasteiger charge is 2.65. The third kappa shape index (κ3) is 11.4. The average Bonchev–Trinajstić information content (AvgIpc) is 3.17. The van der Waals surface area contributed by atoms with Gasteiger partial charge in [-0.05, 0) is 178 Å². The largest absolute Gasteiger partial charge is 0.481 e. The molecule has 0 bridgehead atoms. The third-order valence-corrected chi connectivity index (χ3v) is 19.2. The zero-order chi connectivity index (χ0) is 44.1. The summed E-state index contributed by atoms with van der Waals surface area (Å²) in [5.41, 5.74) is -0.184. The van der Waals surface area contributed by atoms with Gasteiger partial charge in [-0.2, -0.15) is 0 Å². The lowest BCUT2D eigenvalue weighted by Crippen LogP contribution is -2.77. The monoisotopic (exact) mass is 838 g/mol. The number of carbonyl (C=O) groups is 2. The molecule has 5 heteroatoms. The lowest BCUT2D eigenvalue weighted by Gasteiger charge is -2.69. The van der Waals surface area contributed by atoms with Gasteiger partial charge in [0.1, 0.15) is 0 Å². The number of nitrogens with one attached hydrogen (secondary N) is 1. The first-order valence-electron chi connectivity index (χ1n) is 26.5. The first-order valence-corrected chi connectivity index (χ1v) is 26.5. The molecule has 5 fully saturated rings. The van der Waals surface area contributed by atoms with E-state index in [1.54, 1.807) is 0 Å². The Morgan fingerprint density at radius 3 is 1.12 bits per heavy atom. The standard InChI is InChI=1S/C55H99NO4/c1-34(2)43-24-20-38(9)28-48(43)54(49-29-39(10)21-25-44(49)35(3)4)32-42(47(53(59)60)18-16-14-13-15-17-19-52(57)58)33-55(56-54,50-30-40(11)22-26-45(50)36(5)6)51-31-41(12)23-27-46(51)37(7)8/h34-51,56H,13-33H2,1-12H3,(H,57,58)(H,59,60). The predicted octanol–water partition coefficient (Wildman–Crippen LogP) is 14.8. The zero-order valence-corrected chi connectivity index (χ0v) is 41.5. The maximum absolute atomic E-state index is 14.2. The molecule has 0 radical (unpaired) electrons. The van der Waals surface area contributed by atoms with E-state index in [-0.39, 0.29) is 29.3 Å². The van der Waals surface area contributed by atoms with Gasteiger partial charge in [0.05, 0.1) is 5.92 Å². The van der Waals surface area contributed by atoms with Crippen LogP contribution in [-0.4, -0.2) is 33.2 Å². The number of piperidine rings is 1. The number of rotatable bonds is 18. The molecule has 60 heavy (non-hydrogen) atoms. The molecular formula is C55H99NO4. The van der Waals surface area contributed by atoms with Crippen LogP contribution in [0.4, 0.5) is 0 Å². The van der Waals surface area contributed by atoms with E-state index in [9.17, 15) is 19.8 Å². The number of hydrogen-bond acceptors (Lipinski definition) is 3. The van der Waals surface area contributed by atoms with Gasteiger partial charge < -0.3 is 15.5 Å².